The van der Waals surface area contributed by atoms with Crippen molar-refractivity contribution in [2.45, 2.75) is 38.8 Å². The molecule has 3 N–H and O–H groups in total. The molecular formula is C11H23N3O. The number of amides is 1. The van der Waals surface area contributed by atoms with Gasteiger partial charge in [0, 0.05) is 6.04 Å². The lowest BCUT2D eigenvalue weighted by molar-refractivity contribution is -0.123. The van der Waals surface area contributed by atoms with Crippen LogP contribution in [0.15, 0.2) is 0 Å². The quantitative estimate of drug-likeness (QED) is 0.700. The summed E-state index contributed by atoms with van der Waals surface area (Å²) in [5.41, 5.74) is 5.29. The maximum Gasteiger partial charge on any atom is 0.234 e. The number of likely N-dealkylation sites (tertiary alicyclic amines) is 1. The number of nitrogens with one attached hydrogen (secondary N) is 1. The van der Waals surface area contributed by atoms with E-state index < -0.39 is 0 Å². The van der Waals surface area contributed by atoms with Gasteiger partial charge in [-0.3, -0.25) is 9.69 Å². The van der Waals surface area contributed by atoms with E-state index in [-0.39, 0.29) is 11.9 Å². The lowest BCUT2D eigenvalue weighted by Crippen LogP contribution is -2.48. The third-order valence-corrected chi connectivity index (χ3v) is 3.70. The summed E-state index contributed by atoms with van der Waals surface area (Å²) in [7, 11) is 2.00. The number of primary amides is 1. The van der Waals surface area contributed by atoms with Gasteiger partial charge >= 0.3 is 0 Å². The Hall–Kier alpha value is -0.610. The minimum Gasteiger partial charge on any atom is -0.368 e. The first-order valence-electron chi connectivity index (χ1n) is 5.77. The molecule has 0 aromatic heterocycles. The Morgan fingerprint density at radius 1 is 1.40 bits per heavy atom. The number of rotatable bonds is 4. The van der Waals surface area contributed by atoms with Gasteiger partial charge in [-0.25, -0.2) is 0 Å². The van der Waals surface area contributed by atoms with Crippen molar-refractivity contribution < 1.29 is 4.79 Å². The zero-order valence-electron chi connectivity index (χ0n) is 9.99. The molecule has 0 saturated carbocycles. The van der Waals surface area contributed by atoms with Crippen LogP contribution in [0.3, 0.4) is 0 Å². The van der Waals surface area contributed by atoms with E-state index in [0.717, 1.165) is 31.8 Å². The summed E-state index contributed by atoms with van der Waals surface area (Å²) in [5, 5.41) is 3.29. The second kappa shape index (κ2) is 5.47. The Labute approximate surface area is 92.2 Å². The second-order valence-electron chi connectivity index (χ2n) is 4.53. The zero-order chi connectivity index (χ0) is 11.4. The standard InChI is InChI=1S/C11H23N3O/c1-8(13-3)10-4-6-14(7-5-10)9(2)11(12)15/h8-10,13H,4-7H2,1-3H3,(H2,12,15). The highest BCUT2D eigenvalue weighted by atomic mass is 16.1. The molecular weight excluding hydrogens is 190 g/mol. The number of nitrogens with zero attached hydrogens (tertiary/aromatic N) is 1. The van der Waals surface area contributed by atoms with Crippen LogP contribution in [0.1, 0.15) is 26.7 Å². The first kappa shape index (κ1) is 12.5. The fraction of sp³-hybridized carbons (Fsp3) is 0.909. The molecule has 1 saturated heterocycles. The van der Waals surface area contributed by atoms with E-state index in [0.29, 0.717) is 6.04 Å². The van der Waals surface area contributed by atoms with Gasteiger partial charge in [0.05, 0.1) is 6.04 Å². The lowest BCUT2D eigenvalue weighted by atomic mass is 9.90. The normalized spacial score (nSPS) is 23.7. The summed E-state index contributed by atoms with van der Waals surface area (Å²) < 4.78 is 0. The van der Waals surface area contributed by atoms with E-state index in [4.69, 9.17) is 5.73 Å². The first-order chi connectivity index (χ1) is 7.06. The smallest absolute Gasteiger partial charge is 0.234 e. The molecule has 1 heterocycles. The summed E-state index contributed by atoms with van der Waals surface area (Å²) in [6.45, 7) is 6.09. The molecule has 0 spiro atoms. The number of nitrogens with two attached hydrogens (primary N) is 1. The van der Waals surface area contributed by atoms with Gasteiger partial charge in [-0.05, 0) is 52.7 Å². The molecule has 0 aliphatic carbocycles. The van der Waals surface area contributed by atoms with Crippen molar-refractivity contribution in [2.24, 2.45) is 11.7 Å². The molecule has 1 aliphatic heterocycles. The number of hydrogen-bond acceptors (Lipinski definition) is 3. The Morgan fingerprint density at radius 3 is 2.33 bits per heavy atom. The molecule has 4 heteroatoms. The number of hydrogen-bond donors (Lipinski definition) is 2. The molecule has 88 valence electrons. The minimum absolute atomic E-state index is 0.115. The van der Waals surface area contributed by atoms with Gasteiger partial charge in [-0.1, -0.05) is 0 Å². The summed E-state index contributed by atoms with van der Waals surface area (Å²) >= 11 is 0. The molecule has 1 fully saturated rings. The Bertz CT molecular complexity index is 212. The third kappa shape index (κ3) is 3.18. The Balaban J connectivity index is 2.38. The Morgan fingerprint density at radius 2 is 1.93 bits per heavy atom. The van der Waals surface area contributed by atoms with Gasteiger partial charge in [-0.2, -0.15) is 0 Å². The highest BCUT2D eigenvalue weighted by Gasteiger charge is 2.27. The number of carbonyl (C=O) groups excluding carboxylic acids is 1. The number of piperidine rings is 1. The summed E-state index contributed by atoms with van der Waals surface area (Å²) in [6.07, 6.45) is 2.30. The van der Waals surface area contributed by atoms with Crippen LogP contribution < -0.4 is 11.1 Å². The highest BCUT2D eigenvalue weighted by Crippen LogP contribution is 2.21. The fourth-order valence-corrected chi connectivity index (χ4v) is 2.22. The first-order valence-corrected chi connectivity index (χ1v) is 5.77. The predicted molar refractivity (Wildman–Crippen MR) is 61.5 cm³/mol. The van der Waals surface area contributed by atoms with Crippen LogP contribution in [0.2, 0.25) is 0 Å². The monoisotopic (exact) mass is 213 g/mol. The van der Waals surface area contributed by atoms with Crippen molar-refractivity contribution in [3.63, 3.8) is 0 Å². The molecule has 4 nitrogen and oxygen atoms in total. The van der Waals surface area contributed by atoms with E-state index >= 15 is 0 Å². The van der Waals surface area contributed by atoms with Crippen LogP contribution in [0.4, 0.5) is 0 Å². The third-order valence-electron chi connectivity index (χ3n) is 3.70. The van der Waals surface area contributed by atoms with Gasteiger partial charge < -0.3 is 11.1 Å². The molecule has 15 heavy (non-hydrogen) atoms. The van der Waals surface area contributed by atoms with E-state index in [1.165, 1.54) is 0 Å². The van der Waals surface area contributed by atoms with Gasteiger partial charge in [-0.15, -0.1) is 0 Å². The molecule has 0 aromatic rings. The Kier molecular flexibility index (Phi) is 4.54. The average Bonchev–Trinajstić information content (AvgIpc) is 2.27. The highest BCUT2D eigenvalue weighted by molar-refractivity contribution is 5.79. The van der Waals surface area contributed by atoms with Gasteiger partial charge in [0.25, 0.3) is 0 Å². The molecule has 1 aliphatic rings. The van der Waals surface area contributed by atoms with Crippen molar-refractivity contribution in [3.05, 3.63) is 0 Å². The zero-order valence-corrected chi connectivity index (χ0v) is 9.99. The van der Waals surface area contributed by atoms with Crippen LogP contribution in [-0.2, 0) is 4.79 Å². The molecule has 1 amide bonds. The topological polar surface area (TPSA) is 58.4 Å². The van der Waals surface area contributed by atoms with Crippen molar-refractivity contribution in [1.82, 2.24) is 10.2 Å². The van der Waals surface area contributed by atoms with E-state index in [2.05, 4.69) is 17.1 Å². The predicted octanol–water partition coefficient (Wildman–Crippen LogP) is 0.180. The van der Waals surface area contributed by atoms with Gasteiger partial charge in [0.2, 0.25) is 5.91 Å². The molecule has 0 radical (unpaired) electrons. The van der Waals surface area contributed by atoms with E-state index in [9.17, 15) is 4.79 Å². The average molecular weight is 213 g/mol. The van der Waals surface area contributed by atoms with Gasteiger partial charge in [0.15, 0.2) is 0 Å². The second-order valence-corrected chi connectivity index (χ2v) is 4.53. The molecule has 0 aromatic carbocycles. The van der Waals surface area contributed by atoms with E-state index in [1.807, 2.05) is 14.0 Å². The molecule has 0 bridgehead atoms. The summed E-state index contributed by atoms with van der Waals surface area (Å²) in [4.78, 5) is 13.2. The van der Waals surface area contributed by atoms with Crippen LogP contribution in [0, 0.1) is 5.92 Å². The largest absolute Gasteiger partial charge is 0.368 e. The SMILES string of the molecule is CNC(C)C1CCN(C(C)C(N)=O)CC1. The molecule has 2 atom stereocenters. The lowest BCUT2D eigenvalue weighted by Gasteiger charge is -2.36. The van der Waals surface area contributed by atoms with Crippen molar-refractivity contribution in [1.29, 1.82) is 0 Å². The fourth-order valence-electron chi connectivity index (χ4n) is 2.22. The van der Waals surface area contributed by atoms with Crippen LogP contribution >= 0.6 is 0 Å². The minimum atomic E-state index is -0.213. The van der Waals surface area contributed by atoms with Crippen molar-refractivity contribution in [3.8, 4) is 0 Å². The molecule has 2 unspecified atom stereocenters. The van der Waals surface area contributed by atoms with Crippen molar-refractivity contribution in [2.75, 3.05) is 20.1 Å². The van der Waals surface area contributed by atoms with Crippen LogP contribution in [0.25, 0.3) is 0 Å². The van der Waals surface area contributed by atoms with Crippen molar-refractivity contribution >= 4 is 5.91 Å². The van der Waals surface area contributed by atoms with Crippen LogP contribution in [-0.4, -0.2) is 43.0 Å². The van der Waals surface area contributed by atoms with E-state index in [1.54, 1.807) is 0 Å². The number of carbonyl (C=O) groups is 1. The summed E-state index contributed by atoms with van der Waals surface area (Å²) in [6, 6.07) is 0.451. The maximum atomic E-state index is 11.0. The summed E-state index contributed by atoms with van der Waals surface area (Å²) in [5.74, 6) is 0.515. The maximum absolute atomic E-state index is 11.0. The van der Waals surface area contributed by atoms with Gasteiger partial charge in [0.1, 0.15) is 0 Å². The van der Waals surface area contributed by atoms with Crippen LogP contribution in [0.5, 0.6) is 0 Å². The molecule has 1 rings (SSSR count).